The van der Waals surface area contributed by atoms with Crippen LogP contribution in [0.5, 0.6) is 11.5 Å². The zero-order chi connectivity index (χ0) is 25.2. The van der Waals surface area contributed by atoms with E-state index in [1.54, 1.807) is 32.0 Å². The minimum Gasteiger partial charge on any atom is -0.493 e. The molecule has 188 valence electrons. The molecule has 1 amide bonds. The average molecular weight is 519 g/mol. The minimum absolute atomic E-state index is 0.0365. The van der Waals surface area contributed by atoms with E-state index in [2.05, 4.69) is 17.1 Å². The van der Waals surface area contributed by atoms with Gasteiger partial charge in [0.05, 0.1) is 16.7 Å². The number of likely N-dealkylation sites (tertiary alicyclic amines) is 1. The first-order valence-corrected chi connectivity index (χ1v) is 12.9. The summed E-state index contributed by atoms with van der Waals surface area (Å²) >= 11 is 12.0. The van der Waals surface area contributed by atoms with E-state index in [4.69, 9.17) is 32.7 Å². The Bertz CT molecular complexity index is 1100. The highest BCUT2D eigenvalue weighted by Gasteiger charge is 2.41. The maximum absolute atomic E-state index is 12.6. The third kappa shape index (κ3) is 5.93. The lowest BCUT2D eigenvalue weighted by Gasteiger charge is -2.36. The zero-order valence-corrected chi connectivity index (χ0v) is 21.9. The third-order valence-electron chi connectivity index (χ3n) is 6.82. The van der Waals surface area contributed by atoms with Crippen LogP contribution in [0.1, 0.15) is 67.2 Å². The minimum atomic E-state index is -0.843. The summed E-state index contributed by atoms with van der Waals surface area (Å²) in [5, 5.41) is 3.94. The van der Waals surface area contributed by atoms with Crippen molar-refractivity contribution in [3.05, 3.63) is 57.6 Å². The highest BCUT2D eigenvalue weighted by atomic mass is 35.5. The molecule has 2 aliphatic heterocycles. The molecule has 2 aliphatic rings. The molecule has 8 heteroatoms. The van der Waals surface area contributed by atoms with E-state index in [0.717, 1.165) is 38.8 Å². The second-order valence-corrected chi connectivity index (χ2v) is 10.6. The zero-order valence-electron chi connectivity index (χ0n) is 20.4. The number of amides is 1. The van der Waals surface area contributed by atoms with Crippen LogP contribution in [0, 0.1) is 0 Å². The molecule has 1 saturated heterocycles. The van der Waals surface area contributed by atoms with Gasteiger partial charge in [-0.1, -0.05) is 29.3 Å². The number of carbonyl (C=O) groups excluding carboxylic acids is 2. The molecule has 0 bridgehead atoms. The molecule has 1 fully saturated rings. The van der Waals surface area contributed by atoms with Gasteiger partial charge in [0.25, 0.3) is 5.91 Å². The van der Waals surface area contributed by atoms with Gasteiger partial charge < -0.3 is 19.7 Å². The Morgan fingerprint density at radius 1 is 1.20 bits per heavy atom. The lowest BCUT2D eigenvalue weighted by molar-refractivity contribution is 0.0682. The van der Waals surface area contributed by atoms with Crippen molar-refractivity contribution >= 4 is 34.9 Å². The molecule has 0 radical (unpaired) electrons. The maximum atomic E-state index is 12.6. The van der Waals surface area contributed by atoms with Crippen molar-refractivity contribution in [2.24, 2.45) is 0 Å². The average Bonchev–Trinajstić information content (AvgIpc) is 3.07. The topological polar surface area (TPSA) is 67.9 Å². The van der Waals surface area contributed by atoms with E-state index in [0.29, 0.717) is 45.3 Å². The Hall–Kier alpha value is -2.28. The normalized spacial score (nSPS) is 18.6. The summed E-state index contributed by atoms with van der Waals surface area (Å²) in [5.41, 5.74) is 0.232. The number of Topliss-reactive ketones (excluding diaryl/α,β-unsaturated/α-hetero) is 1. The lowest BCUT2D eigenvalue weighted by atomic mass is 9.99. The molecule has 2 aromatic carbocycles. The van der Waals surface area contributed by atoms with Crippen LogP contribution >= 0.6 is 23.2 Å². The number of ketones is 1. The van der Waals surface area contributed by atoms with E-state index in [1.165, 1.54) is 0 Å². The molecule has 0 saturated carbocycles. The van der Waals surface area contributed by atoms with Crippen LogP contribution < -0.4 is 14.8 Å². The molecule has 35 heavy (non-hydrogen) atoms. The molecular formula is C27H32Cl2N2O4. The van der Waals surface area contributed by atoms with Gasteiger partial charge in [0.1, 0.15) is 17.1 Å². The van der Waals surface area contributed by atoms with Crippen LogP contribution in [0.25, 0.3) is 0 Å². The van der Waals surface area contributed by atoms with Crippen LogP contribution in [-0.4, -0.2) is 54.0 Å². The second kappa shape index (κ2) is 10.8. The first-order chi connectivity index (χ1) is 16.7. The summed E-state index contributed by atoms with van der Waals surface area (Å²) < 4.78 is 11.7. The van der Waals surface area contributed by atoms with E-state index in [1.807, 2.05) is 18.2 Å². The van der Waals surface area contributed by atoms with Crippen molar-refractivity contribution in [3.63, 3.8) is 0 Å². The number of ether oxygens (including phenoxy) is 2. The molecule has 4 rings (SSSR count). The monoisotopic (exact) mass is 518 g/mol. The summed E-state index contributed by atoms with van der Waals surface area (Å²) in [4.78, 5) is 27.6. The van der Waals surface area contributed by atoms with Crippen molar-refractivity contribution in [3.8, 4) is 11.5 Å². The number of nitrogens with one attached hydrogen (secondary N) is 1. The van der Waals surface area contributed by atoms with Gasteiger partial charge in [0, 0.05) is 30.7 Å². The number of piperidine rings is 1. The fourth-order valence-corrected chi connectivity index (χ4v) is 4.99. The number of benzene rings is 2. The van der Waals surface area contributed by atoms with E-state index in [9.17, 15) is 9.59 Å². The first kappa shape index (κ1) is 25.8. The SMILES string of the molecule is CC(CCCOc1cccc2c1C(=O)C(C)(C)O2)N1CCC(NC(=O)c2ccc(Cl)c(Cl)c2)CC1. The molecular weight excluding hydrogens is 487 g/mol. The largest absolute Gasteiger partial charge is 0.493 e. The molecule has 0 aliphatic carbocycles. The predicted octanol–water partition coefficient (Wildman–Crippen LogP) is 5.79. The van der Waals surface area contributed by atoms with Gasteiger partial charge in [-0.3, -0.25) is 9.59 Å². The Balaban J connectivity index is 1.19. The molecule has 1 atom stereocenters. The van der Waals surface area contributed by atoms with Gasteiger partial charge in [-0.2, -0.15) is 0 Å². The van der Waals surface area contributed by atoms with Crippen molar-refractivity contribution in [1.29, 1.82) is 0 Å². The van der Waals surface area contributed by atoms with Crippen LogP contribution in [0.4, 0.5) is 0 Å². The van der Waals surface area contributed by atoms with Crippen LogP contribution in [0.3, 0.4) is 0 Å². The number of rotatable bonds is 8. The molecule has 0 aromatic heterocycles. The number of halogens is 2. The van der Waals surface area contributed by atoms with Crippen molar-refractivity contribution in [1.82, 2.24) is 10.2 Å². The molecule has 1 N–H and O–H groups in total. The standard InChI is InChI=1S/C27H32Cl2N2O4/c1-17(6-5-15-34-22-7-4-8-23-24(22)25(32)27(2,3)35-23)31-13-11-19(12-14-31)30-26(33)18-9-10-20(28)21(29)16-18/h4,7-10,16-17,19H,5-6,11-15H2,1-3H3,(H,30,33). The molecule has 0 spiro atoms. The fourth-order valence-electron chi connectivity index (χ4n) is 4.70. The number of carbonyl (C=O) groups is 2. The van der Waals surface area contributed by atoms with Gasteiger partial charge in [-0.15, -0.1) is 0 Å². The number of nitrogens with zero attached hydrogens (tertiary/aromatic N) is 1. The van der Waals surface area contributed by atoms with Crippen LogP contribution in [0.15, 0.2) is 36.4 Å². The quantitative estimate of drug-likeness (QED) is 0.448. The smallest absolute Gasteiger partial charge is 0.251 e. The molecule has 2 aromatic rings. The summed E-state index contributed by atoms with van der Waals surface area (Å²) in [6.07, 6.45) is 3.69. The second-order valence-electron chi connectivity index (χ2n) is 9.82. The number of hydrogen-bond acceptors (Lipinski definition) is 5. The Morgan fingerprint density at radius 2 is 1.94 bits per heavy atom. The van der Waals surface area contributed by atoms with Crippen molar-refractivity contribution in [2.75, 3.05) is 19.7 Å². The van der Waals surface area contributed by atoms with E-state index < -0.39 is 5.60 Å². The molecule has 6 nitrogen and oxygen atoms in total. The van der Waals surface area contributed by atoms with Crippen LogP contribution in [0.2, 0.25) is 10.0 Å². The number of fused-ring (bicyclic) bond motifs is 1. The lowest BCUT2D eigenvalue weighted by Crippen LogP contribution is -2.47. The Labute approximate surface area is 216 Å². The number of hydrogen-bond donors (Lipinski definition) is 1. The highest BCUT2D eigenvalue weighted by molar-refractivity contribution is 6.42. The van der Waals surface area contributed by atoms with Gasteiger partial charge in [-0.05, 0) is 76.8 Å². The van der Waals surface area contributed by atoms with Crippen molar-refractivity contribution in [2.45, 2.75) is 64.1 Å². The van der Waals surface area contributed by atoms with Gasteiger partial charge >= 0.3 is 0 Å². The maximum Gasteiger partial charge on any atom is 0.251 e. The van der Waals surface area contributed by atoms with Crippen molar-refractivity contribution < 1.29 is 19.1 Å². The van der Waals surface area contributed by atoms with Gasteiger partial charge in [-0.25, -0.2) is 0 Å². The van der Waals surface area contributed by atoms with Crippen LogP contribution in [-0.2, 0) is 0 Å². The molecule has 2 heterocycles. The highest BCUT2D eigenvalue weighted by Crippen LogP contribution is 2.40. The van der Waals surface area contributed by atoms with E-state index >= 15 is 0 Å². The van der Waals surface area contributed by atoms with Gasteiger partial charge in [0.2, 0.25) is 5.78 Å². The molecule has 1 unspecified atom stereocenters. The summed E-state index contributed by atoms with van der Waals surface area (Å²) in [6.45, 7) is 8.20. The van der Waals surface area contributed by atoms with E-state index in [-0.39, 0.29) is 17.7 Å². The predicted molar refractivity (Wildman–Crippen MR) is 138 cm³/mol. The summed E-state index contributed by atoms with van der Waals surface area (Å²) in [5.74, 6) is 1.04. The Morgan fingerprint density at radius 3 is 2.66 bits per heavy atom. The third-order valence-corrected chi connectivity index (χ3v) is 7.56. The van der Waals surface area contributed by atoms with Gasteiger partial charge in [0.15, 0.2) is 5.60 Å². The Kier molecular flexibility index (Phi) is 7.94. The summed E-state index contributed by atoms with van der Waals surface area (Å²) in [7, 11) is 0. The summed E-state index contributed by atoms with van der Waals surface area (Å²) in [6, 6.07) is 11.0. The first-order valence-electron chi connectivity index (χ1n) is 12.2. The fraction of sp³-hybridized carbons (Fsp3) is 0.481.